The number of phenols is 1. The van der Waals surface area contributed by atoms with Crippen LogP contribution in [0.25, 0.3) is 0 Å². The van der Waals surface area contributed by atoms with Gasteiger partial charge in [-0.05, 0) is 24.6 Å². The van der Waals surface area contributed by atoms with Crippen molar-refractivity contribution in [3.05, 3.63) is 23.3 Å². The van der Waals surface area contributed by atoms with E-state index in [0.717, 1.165) is 5.56 Å². The van der Waals surface area contributed by atoms with Crippen LogP contribution in [-0.4, -0.2) is 5.11 Å². The van der Waals surface area contributed by atoms with Gasteiger partial charge in [0.05, 0.1) is 5.69 Å². The zero-order valence-corrected chi connectivity index (χ0v) is 6.13. The van der Waals surface area contributed by atoms with Crippen LogP contribution in [0.3, 0.4) is 0 Å². The highest BCUT2D eigenvalue weighted by Crippen LogP contribution is 2.23. The van der Waals surface area contributed by atoms with E-state index in [1.807, 2.05) is 6.07 Å². The van der Waals surface area contributed by atoms with E-state index in [1.165, 1.54) is 6.07 Å². The summed E-state index contributed by atoms with van der Waals surface area (Å²) in [4.78, 5) is 0. The Morgan fingerprint density at radius 3 is 2.64 bits per heavy atom. The van der Waals surface area contributed by atoms with Gasteiger partial charge in [0.15, 0.2) is 0 Å². The lowest BCUT2D eigenvalue weighted by Crippen LogP contribution is -1.91. The Morgan fingerprint density at radius 1 is 1.55 bits per heavy atom. The van der Waals surface area contributed by atoms with Gasteiger partial charge in [0.1, 0.15) is 17.4 Å². The smallest absolute Gasteiger partial charge is 0.135 e. The molecule has 0 fully saturated rings. The van der Waals surface area contributed by atoms with Crippen LogP contribution < -0.4 is 5.73 Å². The Labute approximate surface area is 64.7 Å². The van der Waals surface area contributed by atoms with E-state index in [0.29, 0.717) is 5.69 Å². The summed E-state index contributed by atoms with van der Waals surface area (Å²) in [6, 6.07) is 4.98. The zero-order valence-electron chi connectivity index (χ0n) is 6.13. The van der Waals surface area contributed by atoms with E-state index in [-0.39, 0.29) is 11.3 Å². The third-order valence-electron chi connectivity index (χ3n) is 1.40. The van der Waals surface area contributed by atoms with Crippen molar-refractivity contribution < 1.29 is 5.11 Å². The molecule has 1 aromatic rings. The first-order chi connectivity index (χ1) is 5.15. The highest BCUT2D eigenvalue weighted by atomic mass is 16.3. The van der Waals surface area contributed by atoms with Gasteiger partial charge in [-0.1, -0.05) is 0 Å². The maximum absolute atomic E-state index is 9.17. The normalized spacial score (nSPS) is 9.09. The molecule has 0 unspecified atom stereocenters. The molecule has 1 rings (SSSR count). The van der Waals surface area contributed by atoms with E-state index in [9.17, 15) is 0 Å². The molecule has 0 aromatic heterocycles. The van der Waals surface area contributed by atoms with Crippen LogP contribution >= 0.6 is 0 Å². The molecular formula is C8H8N2O. The summed E-state index contributed by atoms with van der Waals surface area (Å²) < 4.78 is 0. The SMILES string of the molecule is Cc1cc(N)c(C#N)c(O)c1. The number of nitrogens with two attached hydrogens (primary N) is 1. The van der Waals surface area contributed by atoms with E-state index in [2.05, 4.69) is 0 Å². The van der Waals surface area contributed by atoms with Crippen molar-refractivity contribution in [1.29, 1.82) is 5.26 Å². The van der Waals surface area contributed by atoms with E-state index < -0.39 is 0 Å². The largest absolute Gasteiger partial charge is 0.506 e. The lowest BCUT2D eigenvalue weighted by molar-refractivity contribution is 0.473. The Balaban J connectivity index is 3.40. The molecule has 0 spiro atoms. The molecule has 0 saturated heterocycles. The minimum atomic E-state index is -0.0509. The molecule has 0 aliphatic heterocycles. The van der Waals surface area contributed by atoms with Crippen molar-refractivity contribution in [3.63, 3.8) is 0 Å². The molecule has 56 valence electrons. The maximum atomic E-state index is 9.17. The molecule has 11 heavy (non-hydrogen) atoms. The summed E-state index contributed by atoms with van der Waals surface area (Å²) in [5.74, 6) is -0.0509. The molecule has 0 aliphatic carbocycles. The van der Waals surface area contributed by atoms with Crippen LogP contribution in [0.2, 0.25) is 0 Å². The van der Waals surface area contributed by atoms with Gasteiger partial charge in [0, 0.05) is 0 Å². The molecule has 0 saturated carbocycles. The quantitative estimate of drug-likeness (QED) is 0.542. The molecule has 3 N–H and O–H groups in total. The predicted molar refractivity (Wildman–Crippen MR) is 42.0 cm³/mol. The highest BCUT2D eigenvalue weighted by Gasteiger charge is 2.04. The monoisotopic (exact) mass is 148 g/mol. The lowest BCUT2D eigenvalue weighted by Gasteiger charge is -2.01. The van der Waals surface area contributed by atoms with Gasteiger partial charge in [0.25, 0.3) is 0 Å². The van der Waals surface area contributed by atoms with Gasteiger partial charge in [-0.25, -0.2) is 0 Å². The summed E-state index contributed by atoms with van der Waals surface area (Å²) in [7, 11) is 0. The second kappa shape index (κ2) is 2.51. The number of anilines is 1. The third-order valence-corrected chi connectivity index (χ3v) is 1.40. The van der Waals surface area contributed by atoms with Crippen LogP contribution in [-0.2, 0) is 0 Å². The molecule has 3 heteroatoms. The molecule has 0 heterocycles. The minimum absolute atomic E-state index is 0.0509. The van der Waals surface area contributed by atoms with Gasteiger partial charge >= 0.3 is 0 Å². The summed E-state index contributed by atoms with van der Waals surface area (Å²) >= 11 is 0. The first-order valence-electron chi connectivity index (χ1n) is 3.14. The van der Waals surface area contributed by atoms with Crippen molar-refractivity contribution >= 4 is 5.69 Å². The number of hydrogen-bond donors (Lipinski definition) is 2. The molecule has 1 aromatic carbocycles. The number of aryl methyl sites for hydroxylation is 1. The van der Waals surface area contributed by atoms with Crippen LogP contribution in [0.1, 0.15) is 11.1 Å². The molecule has 0 atom stereocenters. The van der Waals surface area contributed by atoms with Crippen LogP contribution in [0.4, 0.5) is 5.69 Å². The zero-order chi connectivity index (χ0) is 8.43. The van der Waals surface area contributed by atoms with E-state index >= 15 is 0 Å². The Hall–Kier alpha value is -1.69. The average molecular weight is 148 g/mol. The number of nitriles is 1. The maximum Gasteiger partial charge on any atom is 0.135 e. The number of nitrogens with zero attached hydrogens (tertiary/aromatic N) is 1. The Morgan fingerprint density at radius 2 is 2.18 bits per heavy atom. The number of rotatable bonds is 0. The lowest BCUT2D eigenvalue weighted by atomic mass is 10.1. The summed E-state index contributed by atoms with van der Waals surface area (Å²) in [6.45, 7) is 1.80. The van der Waals surface area contributed by atoms with Gasteiger partial charge in [-0.2, -0.15) is 5.26 Å². The fourth-order valence-corrected chi connectivity index (χ4v) is 0.917. The average Bonchev–Trinajstić information content (AvgIpc) is 1.85. The van der Waals surface area contributed by atoms with Gasteiger partial charge < -0.3 is 10.8 Å². The fraction of sp³-hybridized carbons (Fsp3) is 0.125. The van der Waals surface area contributed by atoms with Crippen molar-refractivity contribution in [2.24, 2.45) is 0 Å². The summed E-state index contributed by atoms with van der Waals surface area (Å²) in [5.41, 5.74) is 6.77. The van der Waals surface area contributed by atoms with Gasteiger partial charge in [-0.15, -0.1) is 0 Å². The molecule has 0 radical (unpaired) electrons. The van der Waals surface area contributed by atoms with Crippen molar-refractivity contribution in [2.45, 2.75) is 6.92 Å². The number of phenolic OH excluding ortho intramolecular Hbond substituents is 1. The number of hydrogen-bond acceptors (Lipinski definition) is 3. The molecule has 0 aliphatic rings. The first kappa shape index (κ1) is 7.42. The second-order valence-corrected chi connectivity index (χ2v) is 2.36. The Kier molecular flexibility index (Phi) is 1.69. The first-order valence-corrected chi connectivity index (χ1v) is 3.14. The van der Waals surface area contributed by atoms with E-state index in [4.69, 9.17) is 16.1 Å². The van der Waals surface area contributed by atoms with Crippen LogP contribution in [0.15, 0.2) is 12.1 Å². The number of nitrogen functional groups attached to an aromatic ring is 1. The molecule has 0 amide bonds. The Bertz CT molecular complexity index is 302. The van der Waals surface area contributed by atoms with Crippen molar-refractivity contribution in [2.75, 3.05) is 5.73 Å². The van der Waals surface area contributed by atoms with Crippen molar-refractivity contribution in [3.8, 4) is 11.8 Å². The molecular weight excluding hydrogens is 140 g/mol. The fourth-order valence-electron chi connectivity index (χ4n) is 0.917. The van der Waals surface area contributed by atoms with E-state index in [1.54, 1.807) is 13.0 Å². The summed E-state index contributed by atoms with van der Waals surface area (Å²) in [5, 5.41) is 17.7. The number of benzene rings is 1. The van der Waals surface area contributed by atoms with Gasteiger partial charge in [0.2, 0.25) is 0 Å². The van der Waals surface area contributed by atoms with Crippen molar-refractivity contribution in [1.82, 2.24) is 0 Å². The minimum Gasteiger partial charge on any atom is -0.506 e. The topological polar surface area (TPSA) is 70.0 Å². The molecule has 3 nitrogen and oxygen atoms in total. The number of aromatic hydroxyl groups is 1. The standard InChI is InChI=1S/C8H8N2O/c1-5-2-7(10)6(4-9)8(11)3-5/h2-3,11H,10H2,1H3. The molecule has 0 bridgehead atoms. The second-order valence-electron chi connectivity index (χ2n) is 2.36. The van der Waals surface area contributed by atoms with Crippen LogP contribution in [0.5, 0.6) is 5.75 Å². The third kappa shape index (κ3) is 1.24. The predicted octanol–water partition coefficient (Wildman–Crippen LogP) is 1.15. The summed E-state index contributed by atoms with van der Waals surface area (Å²) in [6.07, 6.45) is 0. The van der Waals surface area contributed by atoms with Crippen LogP contribution in [0, 0.1) is 18.3 Å². The van der Waals surface area contributed by atoms with Gasteiger partial charge in [-0.3, -0.25) is 0 Å². The highest BCUT2D eigenvalue weighted by molar-refractivity contribution is 5.62.